The lowest BCUT2D eigenvalue weighted by Gasteiger charge is -2.26. The summed E-state index contributed by atoms with van der Waals surface area (Å²) in [5.41, 5.74) is 3.34. The first-order valence-electron chi connectivity index (χ1n) is 16.0. The molecule has 256 valence electrons. The van der Waals surface area contributed by atoms with Crippen LogP contribution in [0.1, 0.15) is 42.1 Å². The second-order valence-corrected chi connectivity index (χ2v) is 12.5. The van der Waals surface area contributed by atoms with Crippen molar-refractivity contribution in [1.29, 1.82) is 0 Å². The van der Waals surface area contributed by atoms with Crippen molar-refractivity contribution in [2.24, 2.45) is 4.99 Å². The maximum atomic E-state index is 14.4. The minimum atomic E-state index is -0.872. The van der Waals surface area contributed by atoms with Crippen LogP contribution in [0.4, 0.5) is 0 Å². The van der Waals surface area contributed by atoms with Gasteiger partial charge in [0, 0.05) is 10.6 Å². The van der Waals surface area contributed by atoms with Crippen LogP contribution < -0.4 is 33.8 Å². The fourth-order valence-corrected chi connectivity index (χ4v) is 6.93. The Hall–Kier alpha value is -5.32. The molecule has 0 unspecified atom stereocenters. The average Bonchev–Trinajstić information content (AvgIpc) is 3.44. The molecule has 1 aliphatic heterocycles. The number of hydrogen-bond donors (Lipinski definition) is 0. The molecular weight excluding hydrogens is 676 g/mol. The number of nitrogens with zero attached hydrogens (tertiary/aromatic N) is 2. The van der Waals surface area contributed by atoms with Crippen molar-refractivity contribution < 1.29 is 28.5 Å². The zero-order valence-corrected chi connectivity index (χ0v) is 29.5. The molecule has 4 aromatic carbocycles. The first kappa shape index (κ1) is 34.5. The van der Waals surface area contributed by atoms with Gasteiger partial charge < -0.3 is 23.7 Å². The van der Waals surface area contributed by atoms with E-state index in [1.807, 2.05) is 85.8 Å². The Morgan fingerprint density at radius 2 is 1.64 bits per heavy atom. The quantitative estimate of drug-likeness (QED) is 0.135. The summed E-state index contributed by atoms with van der Waals surface area (Å²) in [4.78, 5) is 33.6. The van der Waals surface area contributed by atoms with Crippen LogP contribution in [0.2, 0.25) is 5.02 Å². The Labute approximate surface area is 298 Å². The molecule has 1 aromatic heterocycles. The highest BCUT2D eigenvalue weighted by molar-refractivity contribution is 7.07. The van der Waals surface area contributed by atoms with Crippen LogP contribution in [0, 0.1) is 0 Å². The lowest BCUT2D eigenvalue weighted by atomic mass is 9.93. The van der Waals surface area contributed by atoms with Crippen LogP contribution in [-0.4, -0.2) is 38.0 Å². The van der Waals surface area contributed by atoms with Crippen LogP contribution in [0.5, 0.6) is 23.0 Å². The zero-order chi connectivity index (χ0) is 35.2. The van der Waals surface area contributed by atoms with Crippen LogP contribution >= 0.6 is 22.9 Å². The van der Waals surface area contributed by atoms with Gasteiger partial charge in [0.15, 0.2) is 27.8 Å². The molecule has 0 fully saturated rings. The second kappa shape index (κ2) is 15.5. The highest BCUT2D eigenvalue weighted by atomic mass is 35.5. The monoisotopic (exact) mass is 710 g/mol. The summed E-state index contributed by atoms with van der Waals surface area (Å²) in [6.07, 6.45) is 1.79. The molecule has 6 rings (SSSR count). The predicted molar refractivity (Wildman–Crippen MR) is 194 cm³/mol. The van der Waals surface area contributed by atoms with Gasteiger partial charge in [0.25, 0.3) is 5.56 Å². The molecule has 9 nitrogen and oxygen atoms in total. The Morgan fingerprint density at radius 1 is 0.860 bits per heavy atom. The molecule has 0 saturated carbocycles. The largest absolute Gasteiger partial charge is 0.493 e. The third-order valence-electron chi connectivity index (χ3n) is 7.95. The maximum Gasteiger partial charge on any atom is 0.338 e. The van der Waals surface area contributed by atoms with Crippen molar-refractivity contribution >= 4 is 40.7 Å². The number of carbonyl (C=O) groups is 1. The topological polar surface area (TPSA) is 97.6 Å². The summed E-state index contributed by atoms with van der Waals surface area (Å²) in [6.45, 7) is 4.51. The minimum absolute atomic E-state index is 0.147. The Morgan fingerprint density at radius 3 is 2.36 bits per heavy atom. The van der Waals surface area contributed by atoms with Crippen molar-refractivity contribution in [2.75, 3.05) is 27.4 Å². The predicted octanol–water partition coefficient (Wildman–Crippen LogP) is 6.58. The molecule has 1 aliphatic rings. The van der Waals surface area contributed by atoms with Gasteiger partial charge >= 0.3 is 5.97 Å². The van der Waals surface area contributed by atoms with Crippen LogP contribution in [-0.2, 0) is 16.1 Å². The highest BCUT2D eigenvalue weighted by Crippen LogP contribution is 2.38. The zero-order valence-electron chi connectivity index (χ0n) is 28.0. The number of ether oxygens (including phenoxy) is 5. The first-order valence-corrected chi connectivity index (χ1v) is 17.2. The van der Waals surface area contributed by atoms with E-state index in [0.29, 0.717) is 67.4 Å². The molecule has 0 amide bonds. The number of carbonyl (C=O) groups excluding carboxylic acids is 1. The fraction of sp³-hybridized carbons (Fsp3) is 0.205. The molecule has 11 heteroatoms. The smallest absolute Gasteiger partial charge is 0.338 e. The molecule has 0 bridgehead atoms. The molecule has 0 radical (unpaired) electrons. The molecule has 0 spiro atoms. The van der Waals surface area contributed by atoms with E-state index in [-0.39, 0.29) is 17.7 Å². The lowest BCUT2D eigenvalue weighted by molar-refractivity contribution is -0.138. The van der Waals surface area contributed by atoms with Crippen LogP contribution in [0.3, 0.4) is 0 Å². The first-order chi connectivity index (χ1) is 24.3. The maximum absolute atomic E-state index is 14.4. The van der Waals surface area contributed by atoms with E-state index in [1.54, 1.807) is 36.8 Å². The molecular formula is C39H35ClN2O7S. The molecule has 0 N–H and O–H groups in total. The number of fused-ring (bicyclic) bond motifs is 1. The van der Waals surface area contributed by atoms with Crippen molar-refractivity contribution in [3.05, 3.63) is 144 Å². The summed E-state index contributed by atoms with van der Waals surface area (Å²) in [5.74, 6) is 1.49. The summed E-state index contributed by atoms with van der Waals surface area (Å²) < 4.78 is 30.7. The normalized spacial score (nSPS) is 14.1. The number of hydrogen-bond acceptors (Lipinski definition) is 9. The summed E-state index contributed by atoms with van der Waals surface area (Å²) in [5, 5.41) is 0.631. The van der Waals surface area contributed by atoms with Gasteiger partial charge in [-0.15, -0.1) is 0 Å². The van der Waals surface area contributed by atoms with E-state index >= 15 is 0 Å². The standard InChI is InChI=1S/C39H35ClN2O7S/c1-5-47-32-20-24(15-17-30(32)49-23-25-11-10-14-28(40)19-25)21-33-37(43)42-36(27-16-18-29(45-3)31(22-27)46-4)34(38(44)48-6-2)35(41-39(42)50-33)26-12-8-7-9-13-26/h7-22,36H,5-6,23H2,1-4H3/b33-21-/t36-/m0/s1. The Kier molecular flexibility index (Phi) is 10.7. The second-order valence-electron chi connectivity index (χ2n) is 11.1. The average molecular weight is 711 g/mol. The van der Waals surface area contributed by atoms with Gasteiger partial charge in [-0.1, -0.05) is 77.5 Å². The van der Waals surface area contributed by atoms with Crippen LogP contribution in [0.25, 0.3) is 11.8 Å². The van der Waals surface area contributed by atoms with E-state index < -0.39 is 12.0 Å². The van der Waals surface area contributed by atoms with Gasteiger partial charge in [-0.2, -0.15) is 0 Å². The van der Waals surface area contributed by atoms with Crippen LogP contribution in [0.15, 0.2) is 106 Å². The van der Waals surface area contributed by atoms with Gasteiger partial charge in [0.05, 0.1) is 49.3 Å². The Bertz CT molecular complexity index is 2240. The SMILES string of the molecule is CCOC(=O)C1=C(c2ccccc2)N=c2s/c(=C\c3ccc(OCc4cccc(Cl)c4)c(OCC)c3)c(=O)n2[C@H]1c1ccc(OC)c(OC)c1. The number of thiazole rings is 1. The summed E-state index contributed by atoms with van der Waals surface area (Å²) in [6, 6.07) is 26.8. The van der Waals surface area contributed by atoms with Crippen molar-refractivity contribution in [2.45, 2.75) is 26.5 Å². The molecule has 50 heavy (non-hydrogen) atoms. The van der Waals surface area contributed by atoms with Crippen molar-refractivity contribution in [3.8, 4) is 23.0 Å². The van der Waals surface area contributed by atoms with Gasteiger partial charge in [-0.05, 0) is 73.0 Å². The number of methoxy groups -OCH3 is 2. The molecule has 0 saturated heterocycles. The number of halogens is 1. The third-order valence-corrected chi connectivity index (χ3v) is 9.16. The minimum Gasteiger partial charge on any atom is -0.493 e. The van der Waals surface area contributed by atoms with Gasteiger partial charge in [-0.3, -0.25) is 9.36 Å². The summed E-state index contributed by atoms with van der Waals surface area (Å²) in [7, 11) is 3.09. The third kappa shape index (κ3) is 7.17. The van der Waals surface area contributed by atoms with E-state index in [1.165, 1.54) is 18.4 Å². The van der Waals surface area contributed by atoms with Crippen molar-refractivity contribution in [1.82, 2.24) is 4.57 Å². The van der Waals surface area contributed by atoms with E-state index in [0.717, 1.165) is 11.1 Å². The van der Waals surface area contributed by atoms with Gasteiger partial charge in [-0.25, -0.2) is 9.79 Å². The highest BCUT2D eigenvalue weighted by Gasteiger charge is 2.35. The summed E-state index contributed by atoms with van der Waals surface area (Å²) >= 11 is 7.38. The Balaban J connectivity index is 1.50. The lowest BCUT2D eigenvalue weighted by Crippen LogP contribution is -2.40. The van der Waals surface area contributed by atoms with Crippen molar-refractivity contribution in [3.63, 3.8) is 0 Å². The van der Waals surface area contributed by atoms with Gasteiger partial charge in [0.1, 0.15) is 6.61 Å². The molecule has 5 aromatic rings. The number of benzene rings is 4. The number of esters is 1. The molecule has 2 heterocycles. The van der Waals surface area contributed by atoms with E-state index in [2.05, 4.69) is 0 Å². The molecule has 0 aliphatic carbocycles. The number of rotatable bonds is 12. The van der Waals surface area contributed by atoms with E-state index in [4.69, 9.17) is 40.3 Å². The number of aromatic nitrogens is 1. The van der Waals surface area contributed by atoms with E-state index in [9.17, 15) is 9.59 Å². The fourth-order valence-electron chi connectivity index (χ4n) is 5.72. The van der Waals surface area contributed by atoms with Gasteiger partial charge in [0.2, 0.25) is 0 Å². The molecule has 1 atom stereocenters.